The largest absolute Gasteiger partial charge is 0.454 e. The van der Waals surface area contributed by atoms with Crippen LogP contribution >= 0.6 is 0 Å². The summed E-state index contributed by atoms with van der Waals surface area (Å²) in [5, 5.41) is 11.9. The summed E-state index contributed by atoms with van der Waals surface area (Å²) >= 11 is 0. The molecule has 12 aromatic rings. The van der Waals surface area contributed by atoms with E-state index >= 15 is 0 Å². The van der Waals surface area contributed by atoms with Gasteiger partial charge in [0.05, 0.1) is 11.0 Å². The third-order valence-corrected chi connectivity index (χ3v) is 11.2. The lowest BCUT2D eigenvalue weighted by Gasteiger charge is -2.14. The van der Waals surface area contributed by atoms with Gasteiger partial charge in [-0.15, -0.1) is 0 Å². The van der Waals surface area contributed by atoms with Crippen molar-refractivity contribution in [3.63, 3.8) is 0 Å². The molecule has 0 amide bonds. The highest BCUT2D eigenvalue weighted by molar-refractivity contribution is 6.44. The summed E-state index contributed by atoms with van der Waals surface area (Å²) in [5.74, 6) is 1.87. The first-order chi connectivity index (χ1) is 27.8. The lowest BCUT2D eigenvalue weighted by molar-refractivity contribution is 0.671. The van der Waals surface area contributed by atoms with E-state index in [1.807, 2.05) is 60.7 Å². The Morgan fingerprint density at radius 1 is 0.357 bits per heavy atom. The Morgan fingerprint density at radius 3 is 1.48 bits per heavy atom. The zero-order valence-electron chi connectivity index (χ0n) is 30.0. The van der Waals surface area contributed by atoms with E-state index in [9.17, 15) is 0 Å². The first-order valence-electron chi connectivity index (χ1n) is 18.9. The van der Waals surface area contributed by atoms with Gasteiger partial charge in [-0.3, -0.25) is 0 Å². The molecule has 0 aliphatic heterocycles. The molecule has 0 unspecified atom stereocenters. The van der Waals surface area contributed by atoms with Gasteiger partial charge in [-0.25, -0.2) is 15.0 Å². The van der Waals surface area contributed by atoms with Gasteiger partial charge >= 0.3 is 0 Å². The Hall–Kier alpha value is -7.63. The Kier molecular flexibility index (Phi) is 6.56. The molecule has 3 aromatic heterocycles. The molecule has 56 heavy (non-hydrogen) atoms. The van der Waals surface area contributed by atoms with E-state index in [2.05, 4.69) is 126 Å². The average Bonchev–Trinajstić information content (AvgIpc) is 3.84. The summed E-state index contributed by atoms with van der Waals surface area (Å²) in [5.41, 5.74) is 7.62. The molecule has 3 heterocycles. The summed E-state index contributed by atoms with van der Waals surface area (Å²) in [6, 6.07) is 63.6. The smallest absolute Gasteiger partial charge is 0.164 e. The van der Waals surface area contributed by atoms with Gasteiger partial charge in [0, 0.05) is 54.7 Å². The van der Waals surface area contributed by atoms with E-state index in [-0.39, 0.29) is 0 Å². The number of hydrogen-bond acceptors (Lipinski definition) is 4. The molecule has 5 heteroatoms. The van der Waals surface area contributed by atoms with Crippen LogP contribution in [0.4, 0.5) is 0 Å². The minimum Gasteiger partial charge on any atom is -0.454 e. The van der Waals surface area contributed by atoms with Gasteiger partial charge in [-0.1, -0.05) is 158 Å². The molecule has 260 valence electrons. The van der Waals surface area contributed by atoms with Crippen molar-refractivity contribution in [2.24, 2.45) is 0 Å². The summed E-state index contributed by atoms with van der Waals surface area (Å²) in [6.45, 7) is 0. The maximum Gasteiger partial charge on any atom is 0.164 e. The molecular formula is C51H30N4O. The molecule has 5 nitrogen and oxygen atoms in total. The Balaban J connectivity index is 1.22. The number of hydrogen-bond donors (Lipinski definition) is 0. The minimum absolute atomic E-state index is 0.608. The van der Waals surface area contributed by atoms with Crippen LogP contribution in [0.25, 0.3) is 116 Å². The van der Waals surface area contributed by atoms with Crippen molar-refractivity contribution in [1.29, 1.82) is 0 Å². The Labute approximate surface area is 320 Å². The fourth-order valence-corrected chi connectivity index (χ4v) is 8.82. The van der Waals surface area contributed by atoms with E-state index in [0.29, 0.717) is 17.5 Å². The van der Waals surface area contributed by atoms with Crippen molar-refractivity contribution in [3.8, 4) is 39.9 Å². The molecule has 0 saturated heterocycles. The average molecular weight is 715 g/mol. The molecule has 0 N–H and O–H groups in total. The molecule has 0 atom stereocenters. The van der Waals surface area contributed by atoms with Crippen LogP contribution in [0.15, 0.2) is 186 Å². The molecular weight excluding hydrogens is 685 g/mol. The van der Waals surface area contributed by atoms with Crippen molar-refractivity contribution in [2.75, 3.05) is 0 Å². The van der Waals surface area contributed by atoms with Crippen LogP contribution in [-0.2, 0) is 0 Å². The van der Waals surface area contributed by atoms with Gasteiger partial charge in [0.15, 0.2) is 23.1 Å². The fraction of sp³-hybridized carbons (Fsp3) is 0. The number of aromatic nitrogens is 4. The van der Waals surface area contributed by atoms with Crippen molar-refractivity contribution in [1.82, 2.24) is 19.5 Å². The second-order valence-electron chi connectivity index (χ2n) is 14.3. The standard InChI is InChI=1S/C51H30N4O/c1-3-16-31(17-4-1)49-52-50(32-18-5-2-6-19-32)54-51(53-49)33-20-15-21-34(30-33)55-41-28-13-11-26-39(41)45-43-37-24-9-7-22-35(37)36-23-8-10-25-38(36)44(43)46-40-27-12-14-29-42(40)56-48(46)47(45)55/h1-30H. The van der Waals surface area contributed by atoms with E-state index < -0.39 is 0 Å². The molecule has 12 rings (SSSR count). The molecule has 0 aliphatic carbocycles. The Morgan fingerprint density at radius 2 is 0.839 bits per heavy atom. The van der Waals surface area contributed by atoms with Crippen molar-refractivity contribution >= 4 is 76.1 Å². The number of benzene rings is 9. The minimum atomic E-state index is 0.608. The number of nitrogens with zero attached hydrogens (tertiary/aromatic N) is 4. The van der Waals surface area contributed by atoms with Crippen molar-refractivity contribution in [3.05, 3.63) is 182 Å². The van der Waals surface area contributed by atoms with Crippen LogP contribution in [-0.4, -0.2) is 19.5 Å². The van der Waals surface area contributed by atoms with Gasteiger partial charge in [-0.2, -0.15) is 0 Å². The molecule has 0 saturated carbocycles. The number of fused-ring (bicyclic) bond motifs is 15. The van der Waals surface area contributed by atoms with Crippen LogP contribution in [0.3, 0.4) is 0 Å². The van der Waals surface area contributed by atoms with Gasteiger partial charge in [0.2, 0.25) is 0 Å². The summed E-state index contributed by atoms with van der Waals surface area (Å²) < 4.78 is 9.39. The monoisotopic (exact) mass is 714 g/mol. The van der Waals surface area contributed by atoms with Crippen LogP contribution in [0.2, 0.25) is 0 Å². The van der Waals surface area contributed by atoms with Gasteiger partial charge < -0.3 is 8.98 Å². The van der Waals surface area contributed by atoms with E-state index in [1.165, 1.54) is 43.1 Å². The van der Waals surface area contributed by atoms with Crippen LogP contribution < -0.4 is 0 Å². The van der Waals surface area contributed by atoms with E-state index in [4.69, 9.17) is 19.4 Å². The highest BCUT2D eigenvalue weighted by atomic mass is 16.3. The van der Waals surface area contributed by atoms with Crippen LogP contribution in [0.1, 0.15) is 0 Å². The summed E-state index contributed by atoms with van der Waals surface area (Å²) in [7, 11) is 0. The topological polar surface area (TPSA) is 56.7 Å². The molecule has 0 fully saturated rings. The van der Waals surface area contributed by atoms with Gasteiger partial charge in [0.1, 0.15) is 5.58 Å². The van der Waals surface area contributed by atoms with E-state index in [1.54, 1.807) is 0 Å². The quantitative estimate of drug-likeness (QED) is 0.170. The first kappa shape index (κ1) is 30.8. The fourth-order valence-electron chi connectivity index (χ4n) is 8.82. The van der Waals surface area contributed by atoms with Crippen molar-refractivity contribution in [2.45, 2.75) is 0 Å². The van der Waals surface area contributed by atoms with Crippen LogP contribution in [0, 0.1) is 0 Å². The van der Waals surface area contributed by atoms with Gasteiger partial charge in [-0.05, 0) is 45.8 Å². The SMILES string of the molecule is c1ccc(-c2nc(-c3ccccc3)nc(-c3cccc(-n4c5ccccc5c5c6c7ccccc7c7ccccc7c6c6c7ccccc7oc6c54)c3)n2)cc1. The maximum atomic E-state index is 7.02. The normalized spacial score (nSPS) is 11.9. The predicted molar refractivity (Wildman–Crippen MR) is 230 cm³/mol. The van der Waals surface area contributed by atoms with E-state index in [0.717, 1.165) is 55.3 Å². The third kappa shape index (κ3) is 4.46. The number of para-hydroxylation sites is 2. The first-order valence-corrected chi connectivity index (χ1v) is 18.9. The zero-order chi connectivity index (χ0) is 36.7. The lowest BCUT2D eigenvalue weighted by atomic mass is 9.89. The zero-order valence-corrected chi connectivity index (χ0v) is 30.0. The maximum absolute atomic E-state index is 7.02. The van der Waals surface area contributed by atoms with Crippen molar-refractivity contribution < 1.29 is 4.42 Å². The summed E-state index contributed by atoms with van der Waals surface area (Å²) in [6.07, 6.45) is 0. The number of rotatable bonds is 4. The highest BCUT2D eigenvalue weighted by Crippen LogP contribution is 2.50. The second kappa shape index (κ2) is 11.9. The second-order valence-corrected chi connectivity index (χ2v) is 14.3. The molecule has 0 spiro atoms. The third-order valence-electron chi connectivity index (χ3n) is 11.2. The molecule has 0 bridgehead atoms. The summed E-state index contributed by atoms with van der Waals surface area (Å²) in [4.78, 5) is 15.1. The highest BCUT2D eigenvalue weighted by Gasteiger charge is 2.26. The Bertz CT molecular complexity index is 3470. The predicted octanol–water partition coefficient (Wildman–Crippen LogP) is 13.3. The lowest BCUT2D eigenvalue weighted by Crippen LogP contribution is -2.01. The van der Waals surface area contributed by atoms with Crippen LogP contribution in [0.5, 0.6) is 0 Å². The van der Waals surface area contributed by atoms with Gasteiger partial charge in [0.25, 0.3) is 0 Å². The molecule has 0 radical (unpaired) electrons. The molecule has 9 aromatic carbocycles. The number of furan rings is 1. The molecule has 0 aliphatic rings.